The van der Waals surface area contributed by atoms with Crippen LogP contribution in [0.4, 0.5) is 10.1 Å². The maximum Gasteiger partial charge on any atom is 0.277 e. The zero-order valence-electron chi connectivity index (χ0n) is 11.4. The molecular formula is C15H16FN3O2. The lowest BCUT2D eigenvalue weighted by Gasteiger charge is -2.19. The number of carbonyl (C=O) groups excluding carboxylic acids is 1. The van der Waals surface area contributed by atoms with E-state index in [0.717, 1.165) is 25.9 Å². The number of nitrogens with one attached hydrogen (secondary N) is 2. The van der Waals surface area contributed by atoms with Crippen LogP contribution in [-0.4, -0.2) is 24.0 Å². The number of anilines is 1. The molecule has 1 fully saturated rings. The molecule has 3 rings (SSSR count). The Balaban J connectivity index is 1.69. The summed E-state index contributed by atoms with van der Waals surface area (Å²) in [6.07, 6.45) is 3.25. The number of carbonyl (C=O) groups is 1. The van der Waals surface area contributed by atoms with E-state index in [4.69, 9.17) is 4.42 Å². The third kappa shape index (κ3) is 3.28. The highest BCUT2D eigenvalue weighted by atomic mass is 19.1. The van der Waals surface area contributed by atoms with Gasteiger partial charge in [-0.2, -0.15) is 0 Å². The maximum absolute atomic E-state index is 13.1. The Bertz CT molecular complexity index is 635. The molecule has 2 N–H and O–H groups in total. The highest BCUT2D eigenvalue weighted by Gasteiger charge is 2.22. The number of benzene rings is 1. The number of amides is 1. The molecule has 2 aromatic rings. The first-order valence-electron chi connectivity index (χ1n) is 6.95. The molecule has 0 spiro atoms. The first-order chi connectivity index (χ1) is 10.2. The molecule has 1 saturated heterocycles. The van der Waals surface area contributed by atoms with Gasteiger partial charge >= 0.3 is 0 Å². The van der Waals surface area contributed by atoms with Gasteiger partial charge in [-0.05, 0) is 44.1 Å². The number of hydrogen-bond acceptors (Lipinski definition) is 4. The van der Waals surface area contributed by atoms with Gasteiger partial charge in [0.1, 0.15) is 12.1 Å². The van der Waals surface area contributed by atoms with Crippen LogP contribution in [0, 0.1) is 5.82 Å². The van der Waals surface area contributed by atoms with E-state index >= 15 is 0 Å². The molecule has 1 aliphatic rings. The number of halogens is 1. The lowest BCUT2D eigenvalue weighted by atomic mass is 9.98. The highest BCUT2D eigenvalue weighted by molar-refractivity contribution is 6.02. The summed E-state index contributed by atoms with van der Waals surface area (Å²) in [5.74, 6) is 0.0516. The maximum atomic E-state index is 13.1. The third-order valence-electron chi connectivity index (χ3n) is 3.53. The Kier molecular flexibility index (Phi) is 3.96. The van der Waals surface area contributed by atoms with Gasteiger partial charge in [0.2, 0.25) is 0 Å². The SMILES string of the molecule is O=C(Nc1cccc(F)c1)c1coc(C2CCNCC2)n1. The lowest BCUT2D eigenvalue weighted by Crippen LogP contribution is -2.26. The number of nitrogens with zero attached hydrogens (tertiary/aromatic N) is 1. The summed E-state index contributed by atoms with van der Waals surface area (Å²) in [5, 5.41) is 5.87. The molecule has 0 bridgehead atoms. The van der Waals surface area contributed by atoms with Gasteiger partial charge in [-0.25, -0.2) is 9.37 Å². The molecule has 0 unspecified atom stereocenters. The fourth-order valence-electron chi connectivity index (χ4n) is 2.41. The number of oxazole rings is 1. The smallest absolute Gasteiger partial charge is 0.277 e. The molecule has 1 aromatic heterocycles. The Morgan fingerprint density at radius 2 is 2.19 bits per heavy atom. The molecule has 110 valence electrons. The van der Waals surface area contributed by atoms with Crippen LogP contribution in [0.3, 0.4) is 0 Å². The van der Waals surface area contributed by atoms with Gasteiger partial charge in [0.05, 0.1) is 0 Å². The van der Waals surface area contributed by atoms with Crippen LogP contribution in [-0.2, 0) is 0 Å². The van der Waals surface area contributed by atoms with Crippen LogP contribution in [0.1, 0.15) is 35.1 Å². The van der Waals surface area contributed by atoms with Crippen molar-refractivity contribution < 1.29 is 13.6 Å². The van der Waals surface area contributed by atoms with E-state index in [2.05, 4.69) is 15.6 Å². The third-order valence-corrected chi connectivity index (χ3v) is 3.53. The van der Waals surface area contributed by atoms with Crippen LogP contribution in [0.15, 0.2) is 34.9 Å². The summed E-state index contributed by atoms with van der Waals surface area (Å²) in [6.45, 7) is 1.86. The molecule has 0 saturated carbocycles. The van der Waals surface area contributed by atoms with Crippen LogP contribution in [0.25, 0.3) is 0 Å². The minimum absolute atomic E-state index is 0.216. The van der Waals surface area contributed by atoms with Crippen molar-refractivity contribution in [1.29, 1.82) is 0 Å². The van der Waals surface area contributed by atoms with Crippen molar-refractivity contribution in [3.05, 3.63) is 47.9 Å². The number of rotatable bonds is 3. The van der Waals surface area contributed by atoms with Gasteiger partial charge in [-0.15, -0.1) is 0 Å². The van der Waals surface area contributed by atoms with Crippen molar-refractivity contribution >= 4 is 11.6 Å². The van der Waals surface area contributed by atoms with Crippen LogP contribution in [0.2, 0.25) is 0 Å². The number of aromatic nitrogens is 1. The molecule has 0 atom stereocenters. The molecule has 0 radical (unpaired) electrons. The van der Waals surface area contributed by atoms with Gasteiger partial charge in [-0.3, -0.25) is 4.79 Å². The second-order valence-electron chi connectivity index (χ2n) is 5.06. The molecule has 6 heteroatoms. The van der Waals surface area contributed by atoms with E-state index in [1.807, 2.05) is 0 Å². The second kappa shape index (κ2) is 6.05. The lowest BCUT2D eigenvalue weighted by molar-refractivity contribution is 0.102. The number of piperidine rings is 1. The largest absolute Gasteiger partial charge is 0.448 e. The van der Waals surface area contributed by atoms with Crippen molar-refractivity contribution in [2.24, 2.45) is 0 Å². The molecule has 21 heavy (non-hydrogen) atoms. The topological polar surface area (TPSA) is 67.2 Å². The Hall–Kier alpha value is -2.21. The molecular weight excluding hydrogens is 273 g/mol. The minimum Gasteiger partial charge on any atom is -0.448 e. The zero-order chi connectivity index (χ0) is 14.7. The Labute approximate surface area is 121 Å². The van der Waals surface area contributed by atoms with Gasteiger partial charge in [-0.1, -0.05) is 6.07 Å². The van der Waals surface area contributed by atoms with E-state index < -0.39 is 11.7 Å². The monoisotopic (exact) mass is 289 g/mol. The molecule has 1 aromatic carbocycles. The first kappa shape index (κ1) is 13.8. The van der Waals surface area contributed by atoms with Crippen LogP contribution >= 0.6 is 0 Å². The predicted molar refractivity (Wildman–Crippen MR) is 75.7 cm³/mol. The van der Waals surface area contributed by atoms with Gasteiger partial charge in [0, 0.05) is 11.6 Å². The fraction of sp³-hybridized carbons (Fsp3) is 0.333. The van der Waals surface area contributed by atoms with E-state index in [1.165, 1.54) is 24.5 Å². The first-order valence-corrected chi connectivity index (χ1v) is 6.95. The van der Waals surface area contributed by atoms with Gasteiger partial charge in [0.25, 0.3) is 5.91 Å². The van der Waals surface area contributed by atoms with Gasteiger partial charge in [0.15, 0.2) is 11.6 Å². The van der Waals surface area contributed by atoms with E-state index in [0.29, 0.717) is 11.6 Å². The van der Waals surface area contributed by atoms with Crippen molar-refractivity contribution in [3.63, 3.8) is 0 Å². The summed E-state index contributed by atoms with van der Waals surface area (Å²) in [7, 11) is 0. The normalized spacial score (nSPS) is 15.9. The molecule has 2 heterocycles. The van der Waals surface area contributed by atoms with Crippen LogP contribution < -0.4 is 10.6 Å². The standard InChI is InChI=1S/C15H16FN3O2/c16-11-2-1-3-12(8-11)18-14(20)13-9-21-15(19-13)10-4-6-17-7-5-10/h1-3,8-10,17H,4-7H2,(H,18,20). The molecule has 5 nitrogen and oxygen atoms in total. The van der Waals surface area contributed by atoms with Crippen molar-refractivity contribution in [3.8, 4) is 0 Å². The summed E-state index contributed by atoms with van der Waals surface area (Å²) < 4.78 is 18.5. The quantitative estimate of drug-likeness (QED) is 0.911. The summed E-state index contributed by atoms with van der Waals surface area (Å²) in [4.78, 5) is 16.3. The van der Waals surface area contributed by atoms with Crippen LogP contribution in [0.5, 0.6) is 0 Å². The average molecular weight is 289 g/mol. The van der Waals surface area contributed by atoms with Crippen molar-refractivity contribution in [2.75, 3.05) is 18.4 Å². The summed E-state index contributed by atoms with van der Waals surface area (Å²) >= 11 is 0. The van der Waals surface area contributed by atoms with E-state index in [9.17, 15) is 9.18 Å². The molecule has 1 amide bonds. The zero-order valence-corrected chi connectivity index (χ0v) is 11.4. The Morgan fingerprint density at radius 3 is 2.95 bits per heavy atom. The predicted octanol–water partition coefficient (Wildman–Crippen LogP) is 2.53. The summed E-state index contributed by atoms with van der Waals surface area (Å²) in [6, 6.07) is 5.73. The molecule has 0 aliphatic carbocycles. The minimum atomic E-state index is -0.400. The fourth-order valence-corrected chi connectivity index (χ4v) is 2.41. The van der Waals surface area contributed by atoms with E-state index in [-0.39, 0.29) is 11.6 Å². The average Bonchev–Trinajstić information content (AvgIpc) is 2.98. The highest BCUT2D eigenvalue weighted by Crippen LogP contribution is 2.24. The number of hydrogen-bond donors (Lipinski definition) is 2. The van der Waals surface area contributed by atoms with Gasteiger partial charge < -0.3 is 15.1 Å². The van der Waals surface area contributed by atoms with Crippen molar-refractivity contribution in [1.82, 2.24) is 10.3 Å². The summed E-state index contributed by atoms with van der Waals surface area (Å²) in [5.41, 5.74) is 0.610. The Morgan fingerprint density at radius 1 is 1.38 bits per heavy atom. The van der Waals surface area contributed by atoms with E-state index in [1.54, 1.807) is 6.07 Å². The second-order valence-corrected chi connectivity index (χ2v) is 5.06. The van der Waals surface area contributed by atoms with Crippen molar-refractivity contribution in [2.45, 2.75) is 18.8 Å². The molecule has 1 aliphatic heterocycles.